The van der Waals surface area contributed by atoms with Gasteiger partial charge in [0.05, 0.1) is 5.92 Å². The minimum atomic E-state index is -1.30. The molecule has 1 aromatic carbocycles. The van der Waals surface area contributed by atoms with Crippen LogP contribution in [0.4, 0.5) is 13.2 Å². The van der Waals surface area contributed by atoms with Gasteiger partial charge in [0.25, 0.3) is 0 Å². The lowest BCUT2D eigenvalue weighted by atomic mass is 10.2. The first-order chi connectivity index (χ1) is 7.41. The van der Waals surface area contributed by atoms with E-state index in [1.54, 1.807) is 13.8 Å². The van der Waals surface area contributed by atoms with Crippen LogP contribution < -0.4 is 0 Å². The van der Waals surface area contributed by atoms with Gasteiger partial charge in [-0.25, -0.2) is 13.2 Å². The highest BCUT2D eigenvalue weighted by molar-refractivity contribution is 5.71. The van der Waals surface area contributed by atoms with E-state index in [0.717, 1.165) is 6.07 Å². The summed E-state index contributed by atoms with van der Waals surface area (Å²) in [5.41, 5.74) is -0.313. The number of carbonyl (C=O) groups is 1. The van der Waals surface area contributed by atoms with Gasteiger partial charge in [-0.3, -0.25) is 4.79 Å². The number of hydrogen-bond donors (Lipinski definition) is 0. The third-order valence-electron chi connectivity index (χ3n) is 1.91. The van der Waals surface area contributed by atoms with Crippen molar-refractivity contribution >= 4 is 5.97 Å². The molecule has 0 saturated heterocycles. The van der Waals surface area contributed by atoms with Crippen LogP contribution in [0.5, 0.6) is 0 Å². The average molecular weight is 232 g/mol. The van der Waals surface area contributed by atoms with Gasteiger partial charge in [-0.15, -0.1) is 0 Å². The predicted molar refractivity (Wildman–Crippen MR) is 51.0 cm³/mol. The van der Waals surface area contributed by atoms with Crippen molar-refractivity contribution in [2.75, 3.05) is 0 Å². The second-order valence-electron chi connectivity index (χ2n) is 3.62. The van der Waals surface area contributed by atoms with Gasteiger partial charge in [0, 0.05) is 11.6 Å². The Labute approximate surface area is 91.0 Å². The van der Waals surface area contributed by atoms with Crippen LogP contribution in [0.1, 0.15) is 19.4 Å². The van der Waals surface area contributed by atoms with E-state index in [1.165, 1.54) is 0 Å². The maximum absolute atomic E-state index is 13.1. The first-order valence-electron chi connectivity index (χ1n) is 4.72. The van der Waals surface area contributed by atoms with Gasteiger partial charge >= 0.3 is 5.97 Å². The van der Waals surface area contributed by atoms with E-state index in [4.69, 9.17) is 0 Å². The van der Waals surface area contributed by atoms with Gasteiger partial charge in [0.1, 0.15) is 12.4 Å². The van der Waals surface area contributed by atoms with Crippen molar-refractivity contribution < 1.29 is 22.7 Å². The van der Waals surface area contributed by atoms with Crippen LogP contribution >= 0.6 is 0 Å². The second kappa shape index (κ2) is 5.01. The number of carbonyl (C=O) groups excluding carboxylic acids is 1. The molecule has 0 heterocycles. The molecule has 0 bridgehead atoms. The number of benzene rings is 1. The molecule has 0 radical (unpaired) electrons. The summed E-state index contributed by atoms with van der Waals surface area (Å²) in [7, 11) is 0. The average Bonchev–Trinajstić information content (AvgIpc) is 2.20. The first kappa shape index (κ1) is 12.5. The summed E-state index contributed by atoms with van der Waals surface area (Å²) in [5.74, 6) is -4.33. The summed E-state index contributed by atoms with van der Waals surface area (Å²) in [5, 5.41) is 0. The zero-order valence-corrected chi connectivity index (χ0v) is 8.89. The summed E-state index contributed by atoms with van der Waals surface area (Å²) < 4.78 is 43.3. The fourth-order valence-corrected chi connectivity index (χ4v) is 1.03. The van der Waals surface area contributed by atoms with Gasteiger partial charge in [-0.05, 0) is 6.07 Å². The Kier molecular flexibility index (Phi) is 3.93. The zero-order chi connectivity index (χ0) is 12.3. The summed E-state index contributed by atoms with van der Waals surface area (Å²) in [6.45, 7) is 2.73. The standard InChI is InChI=1S/C11H11F3O2/c1-6(2)11(15)16-5-7-3-8(12)4-9(13)10(7)14/h3-4,6H,5H2,1-2H3. The van der Waals surface area contributed by atoms with E-state index in [9.17, 15) is 18.0 Å². The van der Waals surface area contributed by atoms with Gasteiger partial charge in [0.15, 0.2) is 11.6 Å². The highest BCUT2D eigenvalue weighted by atomic mass is 19.2. The van der Waals surface area contributed by atoms with Crippen LogP contribution in [0.15, 0.2) is 12.1 Å². The van der Waals surface area contributed by atoms with Crippen molar-refractivity contribution in [3.63, 3.8) is 0 Å². The normalized spacial score (nSPS) is 10.6. The van der Waals surface area contributed by atoms with Crippen LogP contribution in [-0.2, 0) is 16.1 Å². The van der Waals surface area contributed by atoms with Crippen molar-refractivity contribution in [1.29, 1.82) is 0 Å². The summed E-state index contributed by atoms with van der Waals surface area (Å²) >= 11 is 0. The molecular weight excluding hydrogens is 221 g/mol. The molecule has 0 amide bonds. The minimum Gasteiger partial charge on any atom is -0.460 e. The molecule has 0 spiro atoms. The highest BCUT2D eigenvalue weighted by Gasteiger charge is 2.14. The Balaban J connectivity index is 2.78. The number of hydrogen-bond acceptors (Lipinski definition) is 2. The molecule has 0 N–H and O–H groups in total. The summed E-state index contributed by atoms with van der Waals surface area (Å²) in [6.07, 6.45) is 0. The van der Waals surface area contributed by atoms with E-state index in [1.807, 2.05) is 0 Å². The van der Waals surface area contributed by atoms with E-state index >= 15 is 0 Å². The topological polar surface area (TPSA) is 26.3 Å². The third-order valence-corrected chi connectivity index (χ3v) is 1.91. The lowest BCUT2D eigenvalue weighted by molar-refractivity contribution is -0.148. The molecule has 0 saturated carbocycles. The molecule has 88 valence electrons. The van der Waals surface area contributed by atoms with Gasteiger partial charge < -0.3 is 4.74 Å². The van der Waals surface area contributed by atoms with Crippen LogP contribution in [0, 0.1) is 23.4 Å². The number of ether oxygens (including phenoxy) is 1. The minimum absolute atomic E-state index is 0.313. The summed E-state index contributed by atoms with van der Waals surface area (Å²) in [6, 6.07) is 1.23. The largest absolute Gasteiger partial charge is 0.460 e. The molecule has 0 fully saturated rings. The molecule has 0 atom stereocenters. The Morgan fingerprint density at radius 3 is 2.50 bits per heavy atom. The monoisotopic (exact) mass is 232 g/mol. The molecule has 5 heteroatoms. The first-order valence-corrected chi connectivity index (χ1v) is 4.72. The fraction of sp³-hybridized carbons (Fsp3) is 0.364. The lowest BCUT2D eigenvalue weighted by Gasteiger charge is -2.08. The third kappa shape index (κ3) is 2.98. The van der Waals surface area contributed by atoms with Crippen molar-refractivity contribution in [2.24, 2.45) is 5.92 Å². The van der Waals surface area contributed by atoms with Gasteiger partial charge in [-0.2, -0.15) is 0 Å². The molecule has 2 nitrogen and oxygen atoms in total. The van der Waals surface area contributed by atoms with Crippen molar-refractivity contribution in [3.05, 3.63) is 35.1 Å². The molecule has 0 unspecified atom stereocenters. The molecular formula is C11H11F3O2. The van der Waals surface area contributed by atoms with Gasteiger partial charge in [0.2, 0.25) is 0 Å². The maximum atomic E-state index is 13.1. The Hall–Kier alpha value is -1.52. The number of rotatable bonds is 3. The molecule has 0 aliphatic rings. The molecule has 0 aliphatic carbocycles. The number of esters is 1. The zero-order valence-electron chi connectivity index (χ0n) is 8.89. The molecule has 0 aliphatic heterocycles. The Morgan fingerprint density at radius 1 is 1.31 bits per heavy atom. The van der Waals surface area contributed by atoms with Gasteiger partial charge in [-0.1, -0.05) is 13.8 Å². The van der Waals surface area contributed by atoms with Crippen LogP contribution in [0.2, 0.25) is 0 Å². The SMILES string of the molecule is CC(C)C(=O)OCc1cc(F)cc(F)c1F. The van der Waals surface area contributed by atoms with Crippen molar-refractivity contribution in [1.82, 2.24) is 0 Å². The van der Waals surface area contributed by atoms with Crippen molar-refractivity contribution in [2.45, 2.75) is 20.5 Å². The number of halogens is 3. The smallest absolute Gasteiger partial charge is 0.308 e. The predicted octanol–water partition coefficient (Wildman–Crippen LogP) is 2.80. The second-order valence-corrected chi connectivity index (χ2v) is 3.62. The van der Waals surface area contributed by atoms with Crippen LogP contribution in [0.25, 0.3) is 0 Å². The Bertz CT molecular complexity index is 402. The Morgan fingerprint density at radius 2 is 1.94 bits per heavy atom. The van der Waals surface area contributed by atoms with Crippen LogP contribution in [-0.4, -0.2) is 5.97 Å². The van der Waals surface area contributed by atoms with E-state index in [2.05, 4.69) is 4.74 Å². The van der Waals surface area contributed by atoms with Crippen LogP contribution in [0.3, 0.4) is 0 Å². The maximum Gasteiger partial charge on any atom is 0.308 e. The molecule has 0 aromatic heterocycles. The van der Waals surface area contributed by atoms with E-state index < -0.39 is 30.0 Å². The molecule has 1 aromatic rings. The molecule has 16 heavy (non-hydrogen) atoms. The molecule has 1 rings (SSSR count). The van der Waals surface area contributed by atoms with E-state index in [-0.39, 0.29) is 11.5 Å². The van der Waals surface area contributed by atoms with E-state index in [0.29, 0.717) is 6.07 Å². The lowest BCUT2D eigenvalue weighted by Crippen LogP contribution is -2.12. The van der Waals surface area contributed by atoms with Crippen molar-refractivity contribution in [3.8, 4) is 0 Å². The quantitative estimate of drug-likeness (QED) is 0.591. The highest BCUT2D eigenvalue weighted by Crippen LogP contribution is 2.15. The summed E-state index contributed by atoms with van der Waals surface area (Å²) in [4.78, 5) is 11.1. The fourth-order valence-electron chi connectivity index (χ4n) is 1.03.